The van der Waals surface area contributed by atoms with Gasteiger partial charge in [-0.2, -0.15) is 5.10 Å². The zero-order chi connectivity index (χ0) is 13.9. The van der Waals surface area contributed by atoms with Crippen molar-refractivity contribution < 1.29 is 13.5 Å². The highest BCUT2D eigenvalue weighted by Crippen LogP contribution is 2.16. The van der Waals surface area contributed by atoms with E-state index in [4.69, 9.17) is 0 Å². The average molecular weight is 281 g/mol. The standard InChI is InChI=1S/C12H15N3O3S/c1-15-8-11(7-13-15)19(17,18)14-12(9-16)10-5-3-2-4-6-10/h2-8,12,14,16H,9H2,1H3/t12-/m1/s1. The molecule has 1 aromatic carbocycles. The molecule has 0 radical (unpaired) electrons. The van der Waals surface area contributed by atoms with E-state index in [2.05, 4.69) is 9.82 Å². The Morgan fingerprint density at radius 3 is 2.58 bits per heavy atom. The maximum absolute atomic E-state index is 12.1. The van der Waals surface area contributed by atoms with Crippen LogP contribution in [0.5, 0.6) is 0 Å². The summed E-state index contributed by atoms with van der Waals surface area (Å²) in [5.41, 5.74) is 0.706. The zero-order valence-corrected chi connectivity index (χ0v) is 11.2. The Morgan fingerprint density at radius 1 is 1.37 bits per heavy atom. The van der Waals surface area contributed by atoms with Crippen LogP contribution in [-0.2, 0) is 17.1 Å². The number of hydrogen-bond acceptors (Lipinski definition) is 4. The van der Waals surface area contributed by atoms with Crippen molar-refractivity contribution in [3.8, 4) is 0 Å². The molecule has 0 bridgehead atoms. The molecule has 0 fully saturated rings. The van der Waals surface area contributed by atoms with Crippen LogP contribution < -0.4 is 4.72 Å². The van der Waals surface area contributed by atoms with E-state index in [-0.39, 0.29) is 11.5 Å². The van der Waals surface area contributed by atoms with Gasteiger partial charge in [0.05, 0.1) is 18.8 Å². The van der Waals surface area contributed by atoms with Crippen molar-refractivity contribution in [3.63, 3.8) is 0 Å². The van der Waals surface area contributed by atoms with Crippen molar-refractivity contribution >= 4 is 10.0 Å². The van der Waals surface area contributed by atoms with Crippen molar-refractivity contribution in [2.75, 3.05) is 6.61 Å². The fourth-order valence-electron chi connectivity index (χ4n) is 1.69. The summed E-state index contributed by atoms with van der Waals surface area (Å²) in [7, 11) is -2.05. The first kappa shape index (κ1) is 13.7. The smallest absolute Gasteiger partial charge is 0.244 e. The molecule has 102 valence electrons. The summed E-state index contributed by atoms with van der Waals surface area (Å²) in [4.78, 5) is 0.0735. The number of aryl methyl sites for hydroxylation is 1. The predicted molar refractivity (Wildman–Crippen MR) is 69.8 cm³/mol. The molecular formula is C12H15N3O3S. The van der Waals surface area contributed by atoms with Crippen LogP contribution in [0.15, 0.2) is 47.6 Å². The minimum atomic E-state index is -3.69. The first-order valence-corrected chi connectivity index (χ1v) is 7.18. The van der Waals surface area contributed by atoms with E-state index in [0.717, 1.165) is 0 Å². The molecule has 2 aromatic rings. The Morgan fingerprint density at radius 2 is 2.05 bits per heavy atom. The summed E-state index contributed by atoms with van der Waals surface area (Å²) in [6, 6.07) is 8.24. The van der Waals surface area contributed by atoms with Gasteiger partial charge in [-0.3, -0.25) is 4.68 Å². The summed E-state index contributed by atoms with van der Waals surface area (Å²) in [6.07, 6.45) is 2.67. The van der Waals surface area contributed by atoms with Crippen LogP contribution in [0.3, 0.4) is 0 Å². The highest BCUT2D eigenvalue weighted by Gasteiger charge is 2.21. The molecule has 0 amide bonds. The van der Waals surface area contributed by atoms with Gasteiger partial charge in [0.2, 0.25) is 10.0 Å². The number of aliphatic hydroxyl groups is 1. The summed E-state index contributed by atoms with van der Waals surface area (Å²) in [6.45, 7) is -0.316. The number of rotatable bonds is 5. The van der Waals surface area contributed by atoms with Crippen molar-refractivity contribution in [3.05, 3.63) is 48.3 Å². The number of aliphatic hydroxyl groups excluding tert-OH is 1. The molecule has 0 unspecified atom stereocenters. The number of hydrogen-bond donors (Lipinski definition) is 2. The Bertz CT molecular complexity index is 637. The average Bonchev–Trinajstić information content (AvgIpc) is 2.85. The lowest BCUT2D eigenvalue weighted by Gasteiger charge is -2.16. The van der Waals surface area contributed by atoms with Gasteiger partial charge in [0.25, 0.3) is 0 Å². The van der Waals surface area contributed by atoms with E-state index >= 15 is 0 Å². The molecule has 0 aliphatic carbocycles. The third-order valence-electron chi connectivity index (χ3n) is 2.67. The zero-order valence-electron chi connectivity index (χ0n) is 10.4. The Balaban J connectivity index is 2.23. The topological polar surface area (TPSA) is 84.2 Å². The van der Waals surface area contributed by atoms with E-state index in [1.165, 1.54) is 17.1 Å². The van der Waals surface area contributed by atoms with Gasteiger partial charge in [-0.05, 0) is 5.56 Å². The number of nitrogens with zero attached hydrogens (tertiary/aromatic N) is 2. The van der Waals surface area contributed by atoms with Crippen LogP contribution >= 0.6 is 0 Å². The minimum Gasteiger partial charge on any atom is -0.394 e. The monoisotopic (exact) mass is 281 g/mol. The van der Waals surface area contributed by atoms with E-state index in [0.29, 0.717) is 5.56 Å². The summed E-state index contributed by atoms with van der Waals surface area (Å²) < 4.78 is 28.1. The van der Waals surface area contributed by atoms with Crippen LogP contribution in [0.1, 0.15) is 11.6 Å². The van der Waals surface area contributed by atoms with Gasteiger partial charge in [-0.1, -0.05) is 30.3 Å². The quantitative estimate of drug-likeness (QED) is 0.832. The van der Waals surface area contributed by atoms with Gasteiger partial charge in [-0.15, -0.1) is 0 Å². The highest BCUT2D eigenvalue weighted by molar-refractivity contribution is 7.89. The van der Waals surface area contributed by atoms with E-state index < -0.39 is 16.1 Å². The molecule has 6 nitrogen and oxygen atoms in total. The van der Waals surface area contributed by atoms with E-state index in [1.54, 1.807) is 31.3 Å². The van der Waals surface area contributed by atoms with Crippen molar-refractivity contribution in [1.82, 2.24) is 14.5 Å². The van der Waals surface area contributed by atoms with Gasteiger partial charge in [-0.25, -0.2) is 13.1 Å². The fourth-order valence-corrected chi connectivity index (χ4v) is 2.89. The second-order valence-corrected chi connectivity index (χ2v) is 5.83. The molecule has 19 heavy (non-hydrogen) atoms. The van der Waals surface area contributed by atoms with Crippen LogP contribution in [0.4, 0.5) is 0 Å². The molecule has 0 spiro atoms. The number of benzene rings is 1. The van der Waals surface area contributed by atoms with Crippen LogP contribution in [0, 0.1) is 0 Å². The van der Waals surface area contributed by atoms with E-state index in [1.807, 2.05) is 6.07 Å². The lowest BCUT2D eigenvalue weighted by atomic mass is 10.1. The van der Waals surface area contributed by atoms with Gasteiger partial charge in [0.1, 0.15) is 4.90 Å². The second kappa shape index (κ2) is 5.52. The molecule has 1 heterocycles. The second-order valence-electron chi connectivity index (χ2n) is 4.12. The SMILES string of the molecule is Cn1cc(S(=O)(=O)N[C@H](CO)c2ccccc2)cn1. The van der Waals surface area contributed by atoms with E-state index in [9.17, 15) is 13.5 Å². The molecule has 1 atom stereocenters. The van der Waals surface area contributed by atoms with Crippen LogP contribution in [-0.4, -0.2) is 29.9 Å². The summed E-state index contributed by atoms with van der Waals surface area (Å²) >= 11 is 0. The van der Waals surface area contributed by atoms with Gasteiger partial charge in [0, 0.05) is 13.2 Å². The molecule has 7 heteroatoms. The Kier molecular flexibility index (Phi) is 3.98. The van der Waals surface area contributed by atoms with Crippen LogP contribution in [0.25, 0.3) is 0 Å². The summed E-state index contributed by atoms with van der Waals surface area (Å²) in [5.74, 6) is 0. The number of sulfonamides is 1. The van der Waals surface area contributed by atoms with Crippen molar-refractivity contribution in [2.24, 2.45) is 7.05 Å². The van der Waals surface area contributed by atoms with Gasteiger partial charge >= 0.3 is 0 Å². The lowest BCUT2D eigenvalue weighted by Crippen LogP contribution is -2.30. The largest absolute Gasteiger partial charge is 0.394 e. The van der Waals surface area contributed by atoms with Crippen molar-refractivity contribution in [1.29, 1.82) is 0 Å². The van der Waals surface area contributed by atoms with Crippen LogP contribution in [0.2, 0.25) is 0 Å². The number of nitrogens with one attached hydrogen (secondary N) is 1. The van der Waals surface area contributed by atoms with Gasteiger partial charge in [0.15, 0.2) is 0 Å². The maximum atomic E-state index is 12.1. The number of aromatic nitrogens is 2. The Labute approximate surface area is 111 Å². The van der Waals surface area contributed by atoms with Gasteiger partial charge < -0.3 is 5.11 Å². The minimum absolute atomic E-state index is 0.0735. The molecule has 0 aliphatic rings. The molecule has 0 saturated heterocycles. The molecule has 1 aromatic heterocycles. The lowest BCUT2D eigenvalue weighted by molar-refractivity contribution is 0.259. The first-order valence-electron chi connectivity index (χ1n) is 5.70. The Hall–Kier alpha value is -1.70. The molecule has 0 aliphatic heterocycles. The maximum Gasteiger partial charge on any atom is 0.244 e. The third kappa shape index (κ3) is 3.19. The third-order valence-corrected chi connectivity index (χ3v) is 4.10. The highest BCUT2D eigenvalue weighted by atomic mass is 32.2. The fraction of sp³-hybridized carbons (Fsp3) is 0.250. The summed E-state index contributed by atoms with van der Waals surface area (Å²) in [5, 5.41) is 13.2. The normalized spacial score (nSPS) is 13.4. The van der Waals surface area contributed by atoms with Crippen molar-refractivity contribution in [2.45, 2.75) is 10.9 Å². The predicted octanol–water partition coefficient (Wildman–Crippen LogP) is 0.432. The molecule has 2 rings (SSSR count). The molecule has 2 N–H and O–H groups in total. The molecular weight excluding hydrogens is 266 g/mol. The first-order chi connectivity index (χ1) is 9.03. The molecule has 0 saturated carbocycles.